The zero-order valence-electron chi connectivity index (χ0n) is 25.7. The first-order chi connectivity index (χ1) is 22.0. The van der Waals surface area contributed by atoms with E-state index in [0.29, 0.717) is 19.8 Å². The molecule has 6 rings (SSSR count). The summed E-state index contributed by atoms with van der Waals surface area (Å²) < 4.78 is 50.7. The lowest BCUT2D eigenvalue weighted by molar-refractivity contribution is -0.394. The fraction of sp³-hybridized carbons (Fsp3) is 0.636. The molecule has 0 aliphatic carbocycles. The smallest absolute Gasteiger partial charge is 0.184 e. The number of aliphatic hydroxyl groups excluding tert-OH is 1. The van der Waals surface area contributed by atoms with Crippen molar-refractivity contribution < 1.29 is 43.0 Å². The summed E-state index contributed by atoms with van der Waals surface area (Å²) in [5.41, 5.74) is 10.3. The van der Waals surface area contributed by atoms with Crippen molar-refractivity contribution in [3.63, 3.8) is 0 Å². The molecule has 12 heteroatoms. The van der Waals surface area contributed by atoms with Crippen molar-refractivity contribution in [1.29, 1.82) is 0 Å². The largest absolute Gasteiger partial charge is 0.390 e. The van der Waals surface area contributed by atoms with Crippen molar-refractivity contribution >= 4 is 0 Å². The quantitative estimate of drug-likeness (QED) is 0.155. The van der Waals surface area contributed by atoms with Crippen LogP contribution in [0.5, 0.6) is 0 Å². The number of hydrogen-bond donors (Lipinski definition) is 1. The van der Waals surface area contributed by atoms with Crippen molar-refractivity contribution in [2.45, 2.75) is 94.9 Å². The summed E-state index contributed by atoms with van der Waals surface area (Å²) in [4.78, 5) is 2.80. The molecule has 4 heterocycles. The van der Waals surface area contributed by atoms with Crippen LogP contribution in [0.4, 0.5) is 0 Å². The minimum Gasteiger partial charge on any atom is -0.390 e. The van der Waals surface area contributed by atoms with E-state index in [4.69, 9.17) is 43.4 Å². The molecule has 4 fully saturated rings. The third-order valence-electron chi connectivity index (χ3n) is 8.99. The molecule has 0 radical (unpaired) electrons. The molecule has 1 N–H and O–H groups in total. The van der Waals surface area contributed by atoms with Gasteiger partial charge in [0.25, 0.3) is 0 Å². The van der Waals surface area contributed by atoms with E-state index < -0.39 is 67.7 Å². The standard InChI is InChI=1S/C33H43N3O9/c1-20-26(37)28-24(18-39-32(44-28)22-12-6-3-7-13-22)42-31(20)43-27-21(2)30(38-17-11-5-10-16-35-36-34)41-25-19-40-33(45-29(25)27)23-14-8-4-9-15-23/h3-4,6-9,12-15,20-21,24-33,37H,5,10-11,16-19H2,1-2H3/t20?,21?,24?,25?,26-,27-,28-,29-,30-,31+,32?,33?/m1/s1. The Bertz CT molecular complexity index is 1250. The van der Waals surface area contributed by atoms with Crippen LogP contribution in [0.25, 0.3) is 10.4 Å². The molecule has 244 valence electrons. The molecule has 2 aromatic rings. The molecule has 2 aromatic carbocycles. The highest BCUT2D eigenvalue weighted by Gasteiger charge is 2.53. The molecule has 12 atom stereocenters. The Kier molecular flexibility index (Phi) is 11.0. The summed E-state index contributed by atoms with van der Waals surface area (Å²) in [5.74, 6) is -0.620. The number of azide groups is 1. The molecule has 12 nitrogen and oxygen atoms in total. The minimum absolute atomic E-state index is 0.226. The van der Waals surface area contributed by atoms with E-state index in [-0.39, 0.29) is 12.5 Å². The molecular formula is C33H43N3O9. The Morgan fingerprint density at radius 1 is 0.778 bits per heavy atom. The first kappa shape index (κ1) is 32.3. The number of rotatable bonds is 11. The first-order valence-corrected chi connectivity index (χ1v) is 15.9. The molecule has 0 aromatic heterocycles. The molecule has 6 unspecified atom stereocenters. The Morgan fingerprint density at radius 3 is 2.02 bits per heavy atom. The van der Waals surface area contributed by atoms with Crippen molar-refractivity contribution in [1.82, 2.24) is 0 Å². The number of nitrogens with zero attached hydrogens (tertiary/aromatic N) is 3. The van der Waals surface area contributed by atoms with Gasteiger partial charge >= 0.3 is 0 Å². The van der Waals surface area contributed by atoms with Crippen LogP contribution < -0.4 is 0 Å². The zero-order chi connectivity index (χ0) is 31.2. The zero-order valence-corrected chi connectivity index (χ0v) is 25.7. The second kappa shape index (κ2) is 15.3. The summed E-state index contributed by atoms with van der Waals surface area (Å²) >= 11 is 0. The van der Waals surface area contributed by atoms with E-state index in [1.165, 1.54) is 0 Å². The van der Waals surface area contributed by atoms with Crippen molar-refractivity contribution in [3.8, 4) is 0 Å². The topological polar surface area (TPSA) is 143 Å². The predicted octanol–water partition coefficient (Wildman–Crippen LogP) is 5.18. The van der Waals surface area contributed by atoms with Crippen LogP contribution in [-0.4, -0.2) is 80.7 Å². The highest BCUT2D eigenvalue weighted by atomic mass is 16.8. The Balaban J connectivity index is 1.14. The highest BCUT2D eigenvalue weighted by molar-refractivity contribution is 5.17. The van der Waals surface area contributed by atoms with Gasteiger partial charge in [-0.15, -0.1) is 0 Å². The number of hydrogen-bond acceptors (Lipinski definition) is 10. The van der Waals surface area contributed by atoms with E-state index in [1.54, 1.807) is 0 Å². The molecule has 0 spiro atoms. The van der Waals surface area contributed by atoms with Gasteiger partial charge in [-0.25, -0.2) is 0 Å². The van der Waals surface area contributed by atoms with E-state index in [1.807, 2.05) is 74.5 Å². The molecule has 0 saturated carbocycles. The lowest BCUT2D eigenvalue weighted by Gasteiger charge is -2.51. The third kappa shape index (κ3) is 7.52. The number of benzene rings is 2. The summed E-state index contributed by atoms with van der Waals surface area (Å²) in [7, 11) is 0. The third-order valence-corrected chi connectivity index (χ3v) is 8.99. The second-order valence-corrected chi connectivity index (χ2v) is 12.1. The molecule has 0 amide bonds. The summed E-state index contributed by atoms with van der Waals surface area (Å²) in [6, 6.07) is 19.5. The van der Waals surface area contributed by atoms with Crippen molar-refractivity contribution in [3.05, 3.63) is 82.2 Å². The Morgan fingerprint density at radius 2 is 1.38 bits per heavy atom. The van der Waals surface area contributed by atoms with Gasteiger partial charge in [0.15, 0.2) is 25.2 Å². The maximum absolute atomic E-state index is 11.4. The van der Waals surface area contributed by atoms with Crippen LogP contribution in [-0.2, 0) is 37.9 Å². The van der Waals surface area contributed by atoms with E-state index in [2.05, 4.69) is 10.0 Å². The van der Waals surface area contributed by atoms with Crippen LogP contribution >= 0.6 is 0 Å². The van der Waals surface area contributed by atoms with Crippen LogP contribution in [0.15, 0.2) is 65.8 Å². The van der Waals surface area contributed by atoms with E-state index in [9.17, 15) is 5.11 Å². The van der Waals surface area contributed by atoms with Gasteiger partial charge in [0, 0.05) is 41.0 Å². The number of ether oxygens (including phenoxy) is 8. The molecule has 45 heavy (non-hydrogen) atoms. The van der Waals surface area contributed by atoms with Gasteiger partial charge in [-0.3, -0.25) is 0 Å². The SMILES string of the molecule is CC1[C@H](O[C@@H]2C(C)[C@H](OCCCCCN=[N+]=[N-])OC3COC(c4ccccc4)O[C@H]32)OC2COC(c3ccccc3)O[C@H]2[C@@H]1O. The first-order valence-electron chi connectivity index (χ1n) is 15.9. The molecule has 0 bridgehead atoms. The number of aliphatic hydroxyl groups is 1. The molecule has 4 aliphatic heterocycles. The van der Waals surface area contributed by atoms with E-state index in [0.717, 1.165) is 30.4 Å². The van der Waals surface area contributed by atoms with Gasteiger partial charge in [-0.2, -0.15) is 0 Å². The van der Waals surface area contributed by atoms with Gasteiger partial charge in [-0.1, -0.05) is 86.0 Å². The fourth-order valence-corrected chi connectivity index (χ4v) is 6.40. The highest BCUT2D eigenvalue weighted by Crippen LogP contribution is 2.42. The molecule has 4 aliphatic rings. The average molecular weight is 626 g/mol. The van der Waals surface area contributed by atoms with Crippen LogP contribution in [0.3, 0.4) is 0 Å². The lowest BCUT2D eigenvalue weighted by atomic mass is 9.89. The Labute approximate surface area is 263 Å². The van der Waals surface area contributed by atoms with Gasteiger partial charge in [0.05, 0.1) is 25.4 Å². The maximum Gasteiger partial charge on any atom is 0.184 e. The van der Waals surface area contributed by atoms with Crippen molar-refractivity contribution in [2.24, 2.45) is 17.0 Å². The Hall–Kier alpha value is -2.61. The fourth-order valence-electron chi connectivity index (χ4n) is 6.40. The monoisotopic (exact) mass is 625 g/mol. The number of fused-ring (bicyclic) bond motifs is 2. The summed E-state index contributed by atoms with van der Waals surface area (Å²) in [6.07, 6.45) is -3.23. The van der Waals surface area contributed by atoms with Crippen LogP contribution in [0, 0.1) is 11.8 Å². The van der Waals surface area contributed by atoms with Gasteiger partial charge in [0.1, 0.15) is 24.4 Å². The average Bonchev–Trinajstić information content (AvgIpc) is 3.08. The van der Waals surface area contributed by atoms with Crippen molar-refractivity contribution in [2.75, 3.05) is 26.4 Å². The predicted molar refractivity (Wildman–Crippen MR) is 160 cm³/mol. The minimum atomic E-state index is -0.833. The van der Waals surface area contributed by atoms with E-state index >= 15 is 0 Å². The van der Waals surface area contributed by atoms with Gasteiger partial charge in [0.2, 0.25) is 0 Å². The second-order valence-electron chi connectivity index (χ2n) is 12.1. The van der Waals surface area contributed by atoms with Crippen LogP contribution in [0.1, 0.15) is 56.8 Å². The maximum atomic E-state index is 11.4. The lowest BCUT2D eigenvalue weighted by Crippen LogP contribution is -2.63. The van der Waals surface area contributed by atoms with Gasteiger partial charge in [-0.05, 0) is 18.4 Å². The normalized spacial score (nSPS) is 38.0. The van der Waals surface area contributed by atoms with Crippen LogP contribution in [0.2, 0.25) is 0 Å². The molecular weight excluding hydrogens is 582 g/mol. The summed E-state index contributed by atoms with van der Waals surface area (Å²) in [6.45, 7) is 5.45. The number of unbranched alkanes of at least 4 members (excludes halogenated alkanes) is 2. The van der Waals surface area contributed by atoms with Gasteiger partial charge < -0.3 is 43.0 Å². The summed E-state index contributed by atoms with van der Waals surface area (Å²) in [5, 5.41) is 15.0. The molecule has 4 saturated heterocycles.